The van der Waals surface area contributed by atoms with Crippen molar-refractivity contribution in [2.45, 2.75) is 0 Å². The number of nitrogens with two attached hydrogens (primary N) is 2. The molecule has 0 atom stereocenters. The van der Waals surface area contributed by atoms with Gasteiger partial charge in [-0.3, -0.25) is 0 Å². The summed E-state index contributed by atoms with van der Waals surface area (Å²) in [5, 5.41) is 1.93. The first-order chi connectivity index (χ1) is 15.7. The average Bonchev–Trinajstić information content (AvgIpc) is 3.44. The second kappa shape index (κ2) is 7.44. The van der Waals surface area contributed by atoms with Crippen LogP contribution in [0, 0.1) is 0 Å². The summed E-state index contributed by atoms with van der Waals surface area (Å²) < 4.78 is 2.33. The molecule has 0 amide bonds. The first kappa shape index (κ1) is 19.0. The summed E-state index contributed by atoms with van der Waals surface area (Å²) in [6.07, 6.45) is 0. The van der Waals surface area contributed by atoms with Gasteiger partial charge in [-0.15, -0.1) is 22.7 Å². The quantitative estimate of drug-likeness (QED) is 0.283. The number of hydrogen-bond acceptors (Lipinski definition) is 6. The van der Waals surface area contributed by atoms with Gasteiger partial charge in [0.1, 0.15) is 10.0 Å². The Bertz CT molecular complexity index is 1430. The Kier molecular flexibility index (Phi) is 4.41. The predicted molar refractivity (Wildman–Crippen MR) is 138 cm³/mol. The van der Waals surface area contributed by atoms with E-state index < -0.39 is 0 Å². The molecule has 0 spiro atoms. The first-order valence-electron chi connectivity index (χ1n) is 10.2. The monoisotopic (exact) mass is 450 g/mol. The van der Waals surface area contributed by atoms with Crippen LogP contribution in [0.5, 0.6) is 0 Å². The second-order valence-corrected chi connectivity index (χ2v) is 9.64. The fourth-order valence-electron chi connectivity index (χ4n) is 3.84. The SMILES string of the molecule is Nc1ccc(-c2nc3ccccc3s2)cc1-c1cc(-c2nc3ccccc3s2)ccc1N. The molecule has 2 heterocycles. The molecule has 0 fully saturated rings. The minimum Gasteiger partial charge on any atom is -0.398 e. The molecule has 0 aliphatic rings. The van der Waals surface area contributed by atoms with Crippen LogP contribution >= 0.6 is 22.7 Å². The second-order valence-electron chi connectivity index (χ2n) is 7.58. The van der Waals surface area contributed by atoms with E-state index in [1.54, 1.807) is 22.7 Å². The molecule has 0 saturated heterocycles. The van der Waals surface area contributed by atoms with Gasteiger partial charge in [0.05, 0.1) is 20.4 Å². The van der Waals surface area contributed by atoms with Crippen molar-refractivity contribution >= 4 is 54.5 Å². The van der Waals surface area contributed by atoms with Crippen molar-refractivity contribution in [2.75, 3.05) is 11.5 Å². The lowest BCUT2D eigenvalue weighted by atomic mass is 9.98. The summed E-state index contributed by atoms with van der Waals surface area (Å²) in [4.78, 5) is 9.59. The van der Waals surface area contributed by atoms with Crippen LogP contribution in [0.2, 0.25) is 0 Å². The lowest BCUT2D eigenvalue weighted by Crippen LogP contribution is -1.96. The molecule has 4 nitrogen and oxygen atoms in total. The number of anilines is 2. The Morgan fingerprint density at radius 3 is 1.41 bits per heavy atom. The van der Waals surface area contributed by atoms with Crippen LogP contribution in [0.15, 0.2) is 84.9 Å². The Morgan fingerprint density at radius 2 is 0.969 bits per heavy atom. The molecule has 0 unspecified atom stereocenters. The molecule has 0 saturated carbocycles. The Labute approximate surface area is 192 Å². The van der Waals surface area contributed by atoms with Crippen LogP contribution in [0.25, 0.3) is 52.7 Å². The number of aromatic nitrogens is 2. The topological polar surface area (TPSA) is 77.8 Å². The Balaban J connectivity index is 1.47. The summed E-state index contributed by atoms with van der Waals surface area (Å²) >= 11 is 3.35. The van der Waals surface area contributed by atoms with Gasteiger partial charge in [0.2, 0.25) is 0 Å². The zero-order valence-electron chi connectivity index (χ0n) is 16.9. The zero-order valence-corrected chi connectivity index (χ0v) is 18.6. The van der Waals surface area contributed by atoms with E-state index in [4.69, 9.17) is 21.4 Å². The highest BCUT2D eigenvalue weighted by Crippen LogP contribution is 2.39. The van der Waals surface area contributed by atoms with Gasteiger partial charge in [0, 0.05) is 33.6 Å². The van der Waals surface area contributed by atoms with Gasteiger partial charge in [-0.05, 0) is 60.7 Å². The molecule has 6 heteroatoms. The number of hydrogen-bond donors (Lipinski definition) is 2. The van der Waals surface area contributed by atoms with E-state index in [1.165, 1.54) is 9.40 Å². The van der Waals surface area contributed by atoms with Crippen molar-refractivity contribution in [3.05, 3.63) is 84.9 Å². The van der Waals surface area contributed by atoms with Gasteiger partial charge in [-0.25, -0.2) is 9.97 Å². The number of benzene rings is 4. The van der Waals surface area contributed by atoms with E-state index in [0.717, 1.165) is 43.3 Å². The van der Waals surface area contributed by atoms with Gasteiger partial charge >= 0.3 is 0 Å². The van der Waals surface area contributed by atoms with Gasteiger partial charge in [-0.1, -0.05) is 24.3 Å². The normalized spacial score (nSPS) is 11.4. The van der Waals surface area contributed by atoms with E-state index in [0.29, 0.717) is 11.4 Å². The van der Waals surface area contributed by atoms with Crippen molar-refractivity contribution < 1.29 is 0 Å². The summed E-state index contributed by atoms with van der Waals surface area (Å²) in [5.74, 6) is 0. The van der Waals surface area contributed by atoms with Crippen molar-refractivity contribution in [1.82, 2.24) is 9.97 Å². The highest BCUT2D eigenvalue weighted by atomic mass is 32.1. The van der Waals surface area contributed by atoms with E-state index in [-0.39, 0.29) is 0 Å². The maximum absolute atomic E-state index is 6.41. The van der Waals surface area contributed by atoms with Crippen LogP contribution in [-0.4, -0.2) is 9.97 Å². The lowest BCUT2D eigenvalue weighted by Gasteiger charge is -2.12. The van der Waals surface area contributed by atoms with E-state index in [2.05, 4.69) is 24.3 Å². The van der Waals surface area contributed by atoms with Crippen molar-refractivity contribution in [3.8, 4) is 32.3 Å². The number of para-hydroxylation sites is 2. The van der Waals surface area contributed by atoms with Crippen LogP contribution in [0.1, 0.15) is 0 Å². The third kappa shape index (κ3) is 3.21. The van der Waals surface area contributed by atoms with E-state index >= 15 is 0 Å². The summed E-state index contributed by atoms with van der Waals surface area (Å²) in [6, 6.07) is 28.4. The highest BCUT2D eigenvalue weighted by molar-refractivity contribution is 7.22. The van der Waals surface area contributed by atoms with E-state index in [9.17, 15) is 0 Å². The van der Waals surface area contributed by atoms with Gasteiger partial charge in [-0.2, -0.15) is 0 Å². The minimum atomic E-state index is 0.683. The predicted octanol–water partition coefficient (Wildman–Crippen LogP) is 7.07. The standard InChI is InChI=1S/C26H18N4S2/c27-19-11-9-15(25-29-21-5-1-3-7-23(21)31-25)13-17(19)18-14-16(10-12-20(18)28)26-30-22-6-2-4-8-24(22)32-26/h1-14H,27-28H2. The molecule has 4 N–H and O–H groups in total. The molecular formula is C26H18N4S2. The molecule has 6 rings (SSSR count). The van der Waals surface area contributed by atoms with E-state index in [1.807, 2.05) is 60.7 Å². The number of nitrogens with zero attached hydrogens (tertiary/aromatic N) is 2. The van der Waals surface area contributed by atoms with Crippen molar-refractivity contribution in [3.63, 3.8) is 0 Å². The van der Waals surface area contributed by atoms with Crippen LogP contribution in [0.4, 0.5) is 11.4 Å². The molecule has 6 aromatic rings. The third-order valence-corrected chi connectivity index (χ3v) is 7.65. The first-order valence-corrected chi connectivity index (χ1v) is 11.8. The molecule has 32 heavy (non-hydrogen) atoms. The summed E-state index contributed by atoms with van der Waals surface area (Å²) in [7, 11) is 0. The largest absolute Gasteiger partial charge is 0.398 e. The number of thiazole rings is 2. The molecule has 4 aromatic carbocycles. The van der Waals surface area contributed by atoms with Crippen LogP contribution in [-0.2, 0) is 0 Å². The molecule has 0 aliphatic heterocycles. The van der Waals surface area contributed by atoms with Crippen molar-refractivity contribution in [2.24, 2.45) is 0 Å². The average molecular weight is 451 g/mol. The Hall–Kier alpha value is -3.74. The Morgan fingerprint density at radius 1 is 0.531 bits per heavy atom. The molecular weight excluding hydrogens is 432 g/mol. The number of fused-ring (bicyclic) bond motifs is 2. The molecule has 0 aliphatic carbocycles. The van der Waals surface area contributed by atoms with Gasteiger partial charge in [0.15, 0.2) is 0 Å². The number of nitrogen functional groups attached to an aromatic ring is 2. The van der Waals surface area contributed by atoms with Crippen LogP contribution < -0.4 is 11.5 Å². The molecule has 0 radical (unpaired) electrons. The lowest BCUT2D eigenvalue weighted by molar-refractivity contribution is 1.47. The highest BCUT2D eigenvalue weighted by Gasteiger charge is 2.14. The minimum absolute atomic E-state index is 0.683. The van der Waals surface area contributed by atoms with Gasteiger partial charge < -0.3 is 11.5 Å². The number of rotatable bonds is 3. The smallest absolute Gasteiger partial charge is 0.124 e. The molecule has 154 valence electrons. The third-order valence-electron chi connectivity index (χ3n) is 5.48. The summed E-state index contributed by atoms with van der Waals surface area (Å²) in [6.45, 7) is 0. The molecule has 2 aromatic heterocycles. The fraction of sp³-hybridized carbons (Fsp3) is 0. The molecule has 0 bridgehead atoms. The zero-order chi connectivity index (χ0) is 21.7. The maximum atomic E-state index is 6.41. The van der Waals surface area contributed by atoms with Gasteiger partial charge in [0.25, 0.3) is 0 Å². The summed E-state index contributed by atoms with van der Waals surface area (Å²) in [5.41, 5.74) is 20.1. The van der Waals surface area contributed by atoms with Crippen LogP contribution in [0.3, 0.4) is 0 Å². The van der Waals surface area contributed by atoms with Crippen molar-refractivity contribution in [1.29, 1.82) is 0 Å². The maximum Gasteiger partial charge on any atom is 0.124 e. The fourth-order valence-corrected chi connectivity index (χ4v) is 5.76.